The number of rotatable bonds is 7. The molecule has 0 radical (unpaired) electrons. The van der Waals surface area contributed by atoms with Crippen LogP contribution in [-0.2, 0) is 9.59 Å². The van der Waals surface area contributed by atoms with Crippen LogP contribution in [0.1, 0.15) is 42.7 Å². The smallest absolute Gasteiger partial charge is 0.329 e. The van der Waals surface area contributed by atoms with Crippen LogP contribution in [-0.4, -0.2) is 35.0 Å². The zero-order valence-electron chi connectivity index (χ0n) is 11.6. The van der Waals surface area contributed by atoms with E-state index in [0.29, 0.717) is 25.8 Å². The van der Waals surface area contributed by atoms with Crippen molar-refractivity contribution in [2.45, 2.75) is 37.6 Å². The molecule has 0 bridgehead atoms. The van der Waals surface area contributed by atoms with E-state index in [1.807, 2.05) is 0 Å². The molecule has 0 aromatic carbocycles. The predicted octanol–water partition coefficient (Wildman–Crippen LogP) is 0.913. The third kappa shape index (κ3) is 3.62. The van der Waals surface area contributed by atoms with Crippen LogP contribution in [0.2, 0.25) is 0 Å². The van der Waals surface area contributed by atoms with Gasteiger partial charge in [0.2, 0.25) is 5.91 Å². The lowest BCUT2D eigenvalue weighted by atomic mass is 9.76. The van der Waals surface area contributed by atoms with Crippen molar-refractivity contribution in [3.63, 3.8) is 0 Å². The fourth-order valence-electron chi connectivity index (χ4n) is 2.20. The average Bonchev–Trinajstić information content (AvgIpc) is 2.92. The summed E-state index contributed by atoms with van der Waals surface area (Å²) in [5.41, 5.74) is -1.07. The molecule has 0 saturated heterocycles. The van der Waals surface area contributed by atoms with E-state index in [-0.39, 0.29) is 24.0 Å². The van der Waals surface area contributed by atoms with Gasteiger partial charge in [-0.05, 0) is 37.8 Å². The lowest BCUT2D eigenvalue weighted by Crippen LogP contribution is -2.59. The van der Waals surface area contributed by atoms with Gasteiger partial charge < -0.3 is 20.2 Å². The van der Waals surface area contributed by atoms with Crippen molar-refractivity contribution in [3.8, 4) is 0 Å². The summed E-state index contributed by atoms with van der Waals surface area (Å²) in [6.45, 7) is 0.326. The van der Waals surface area contributed by atoms with Gasteiger partial charge in [0, 0.05) is 13.0 Å². The highest BCUT2D eigenvalue weighted by Crippen LogP contribution is 2.32. The van der Waals surface area contributed by atoms with Gasteiger partial charge in [0.05, 0.1) is 6.26 Å². The zero-order chi connectivity index (χ0) is 15.3. The third-order valence-electron chi connectivity index (χ3n) is 3.61. The topological polar surface area (TPSA) is 109 Å². The molecule has 1 aliphatic carbocycles. The Balaban J connectivity index is 1.66. The average molecular weight is 294 g/mol. The molecule has 1 aromatic rings. The van der Waals surface area contributed by atoms with Crippen LogP contribution in [0.25, 0.3) is 0 Å². The molecular weight excluding hydrogens is 276 g/mol. The van der Waals surface area contributed by atoms with E-state index in [0.717, 1.165) is 6.42 Å². The molecule has 0 atom stereocenters. The van der Waals surface area contributed by atoms with E-state index in [4.69, 9.17) is 9.52 Å². The molecule has 1 saturated carbocycles. The second-order valence-corrected chi connectivity index (χ2v) is 5.13. The van der Waals surface area contributed by atoms with E-state index in [1.165, 1.54) is 6.26 Å². The highest BCUT2D eigenvalue weighted by molar-refractivity contribution is 5.91. The fourth-order valence-corrected chi connectivity index (χ4v) is 2.20. The molecule has 1 fully saturated rings. The number of carbonyl (C=O) groups is 3. The van der Waals surface area contributed by atoms with Crippen LogP contribution >= 0.6 is 0 Å². The first-order valence-electron chi connectivity index (χ1n) is 6.90. The molecule has 114 valence electrons. The van der Waals surface area contributed by atoms with Gasteiger partial charge in [-0.25, -0.2) is 4.79 Å². The number of carboxylic acids is 1. The van der Waals surface area contributed by atoms with Crippen molar-refractivity contribution in [3.05, 3.63) is 24.2 Å². The summed E-state index contributed by atoms with van der Waals surface area (Å²) in [7, 11) is 0. The Labute approximate surface area is 121 Å². The molecule has 7 heteroatoms. The first-order chi connectivity index (χ1) is 10.0. The maximum Gasteiger partial charge on any atom is 0.329 e. The van der Waals surface area contributed by atoms with E-state index < -0.39 is 11.5 Å². The summed E-state index contributed by atoms with van der Waals surface area (Å²) in [5, 5.41) is 14.3. The zero-order valence-corrected chi connectivity index (χ0v) is 11.6. The Morgan fingerprint density at radius 2 is 2.10 bits per heavy atom. The summed E-state index contributed by atoms with van der Waals surface area (Å²) in [6, 6.07) is 3.17. The van der Waals surface area contributed by atoms with Gasteiger partial charge in [0.25, 0.3) is 5.91 Å². The van der Waals surface area contributed by atoms with Crippen molar-refractivity contribution in [2.24, 2.45) is 0 Å². The normalized spacial score (nSPS) is 15.8. The predicted molar refractivity (Wildman–Crippen MR) is 72.6 cm³/mol. The molecule has 3 N–H and O–H groups in total. The molecule has 1 aliphatic rings. The molecule has 2 amide bonds. The third-order valence-corrected chi connectivity index (χ3v) is 3.61. The van der Waals surface area contributed by atoms with Crippen LogP contribution in [0.4, 0.5) is 0 Å². The maximum absolute atomic E-state index is 11.7. The van der Waals surface area contributed by atoms with Crippen LogP contribution in [0.15, 0.2) is 22.8 Å². The quantitative estimate of drug-likeness (QED) is 0.648. The molecule has 0 unspecified atom stereocenters. The van der Waals surface area contributed by atoms with E-state index >= 15 is 0 Å². The standard InChI is InChI=1S/C14H18N2O5/c17-11(16-14(13(19)20)6-3-7-14)5-1-8-15-12(18)10-4-2-9-21-10/h2,4,9H,1,3,5-8H2,(H,15,18)(H,16,17)(H,19,20). The molecule has 0 spiro atoms. The molecule has 21 heavy (non-hydrogen) atoms. The van der Waals surface area contributed by atoms with Crippen molar-refractivity contribution >= 4 is 17.8 Å². The highest BCUT2D eigenvalue weighted by Gasteiger charge is 2.45. The lowest BCUT2D eigenvalue weighted by molar-refractivity contribution is -0.151. The molecule has 1 aromatic heterocycles. The number of amides is 2. The summed E-state index contributed by atoms with van der Waals surface area (Å²) in [5.74, 6) is -1.39. The van der Waals surface area contributed by atoms with Crippen molar-refractivity contribution < 1.29 is 23.9 Å². The van der Waals surface area contributed by atoms with Gasteiger partial charge >= 0.3 is 5.97 Å². The molecular formula is C14H18N2O5. The first-order valence-corrected chi connectivity index (χ1v) is 6.90. The SMILES string of the molecule is O=C(CCCNC(=O)c1ccco1)NC1(C(=O)O)CCC1. The number of aliphatic carboxylic acids is 1. The number of nitrogens with one attached hydrogen (secondary N) is 2. The molecule has 7 nitrogen and oxygen atoms in total. The molecule has 0 aliphatic heterocycles. The van der Waals surface area contributed by atoms with E-state index in [9.17, 15) is 14.4 Å². The maximum atomic E-state index is 11.7. The van der Waals surface area contributed by atoms with Crippen molar-refractivity contribution in [1.29, 1.82) is 0 Å². The second-order valence-electron chi connectivity index (χ2n) is 5.13. The van der Waals surface area contributed by atoms with Gasteiger partial charge in [-0.1, -0.05) is 0 Å². The molecule has 1 heterocycles. The highest BCUT2D eigenvalue weighted by atomic mass is 16.4. The summed E-state index contributed by atoms with van der Waals surface area (Å²) in [4.78, 5) is 34.4. The Kier molecular flexibility index (Phi) is 4.62. The Bertz CT molecular complexity index is 519. The Hall–Kier alpha value is -2.31. The first kappa shape index (κ1) is 15.1. The van der Waals surface area contributed by atoms with Crippen molar-refractivity contribution in [1.82, 2.24) is 10.6 Å². The van der Waals surface area contributed by atoms with Gasteiger partial charge in [0.1, 0.15) is 5.54 Å². The second kappa shape index (κ2) is 6.43. The van der Waals surface area contributed by atoms with Gasteiger partial charge in [-0.2, -0.15) is 0 Å². The summed E-state index contributed by atoms with van der Waals surface area (Å²) >= 11 is 0. The summed E-state index contributed by atoms with van der Waals surface area (Å²) in [6.07, 6.45) is 3.78. The van der Waals surface area contributed by atoms with Crippen LogP contribution in [0.5, 0.6) is 0 Å². The van der Waals surface area contributed by atoms with Crippen molar-refractivity contribution in [2.75, 3.05) is 6.54 Å². The van der Waals surface area contributed by atoms with E-state index in [2.05, 4.69) is 10.6 Å². The fraction of sp³-hybridized carbons (Fsp3) is 0.500. The number of hydrogen-bond donors (Lipinski definition) is 3. The van der Waals surface area contributed by atoms with E-state index in [1.54, 1.807) is 12.1 Å². The van der Waals surface area contributed by atoms with Gasteiger partial charge in [-0.3, -0.25) is 9.59 Å². The largest absolute Gasteiger partial charge is 0.480 e. The minimum absolute atomic E-state index is 0.174. The monoisotopic (exact) mass is 294 g/mol. The molecule has 2 rings (SSSR count). The van der Waals surface area contributed by atoms with Gasteiger partial charge in [-0.15, -0.1) is 0 Å². The van der Waals surface area contributed by atoms with Crippen LogP contribution < -0.4 is 10.6 Å². The Morgan fingerprint density at radius 1 is 1.33 bits per heavy atom. The minimum atomic E-state index is -1.07. The van der Waals surface area contributed by atoms with Gasteiger partial charge in [0.15, 0.2) is 5.76 Å². The lowest BCUT2D eigenvalue weighted by Gasteiger charge is -2.38. The number of carboxylic acid groups (broad SMARTS) is 1. The summed E-state index contributed by atoms with van der Waals surface area (Å²) < 4.78 is 4.93. The number of furan rings is 1. The Morgan fingerprint density at radius 3 is 2.62 bits per heavy atom. The minimum Gasteiger partial charge on any atom is -0.480 e. The number of carbonyl (C=O) groups excluding carboxylic acids is 2. The number of hydrogen-bond acceptors (Lipinski definition) is 4. The van der Waals surface area contributed by atoms with Crippen LogP contribution in [0.3, 0.4) is 0 Å². The van der Waals surface area contributed by atoms with Crippen LogP contribution in [0, 0.1) is 0 Å².